The van der Waals surface area contributed by atoms with Crippen molar-refractivity contribution in [3.8, 4) is 0 Å². The number of phosphoric acid groups is 2. The van der Waals surface area contributed by atoms with Crippen LogP contribution >= 0.6 is 15.6 Å². The smallest absolute Gasteiger partial charge is 0.462 e. The number of ether oxygens (including phenoxy) is 4. The number of aliphatic hydroxyl groups excluding tert-OH is 1. The molecule has 528 valence electrons. The van der Waals surface area contributed by atoms with Crippen LogP contribution < -0.4 is 0 Å². The third-order valence-electron chi connectivity index (χ3n) is 16.2. The largest absolute Gasteiger partial charge is 0.472 e. The summed E-state index contributed by atoms with van der Waals surface area (Å²) in [5.41, 5.74) is 0. The second-order valence-electron chi connectivity index (χ2n) is 26.2. The Hall–Kier alpha value is -1.94. The van der Waals surface area contributed by atoms with E-state index in [1.807, 2.05) is 0 Å². The lowest BCUT2D eigenvalue weighted by Crippen LogP contribution is -2.30. The topological polar surface area (TPSA) is 237 Å². The molecule has 0 saturated heterocycles. The Morgan fingerprint density at radius 1 is 0.303 bits per heavy atom. The van der Waals surface area contributed by atoms with Gasteiger partial charge in [0.2, 0.25) is 0 Å². The lowest BCUT2D eigenvalue weighted by atomic mass is 10.0. The van der Waals surface area contributed by atoms with Crippen LogP contribution in [0.25, 0.3) is 0 Å². The Balaban J connectivity index is 5.23. The molecule has 2 unspecified atom stereocenters. The Labute approximate surface area is 543 Å². The molecule has 0 rings (SSSR count). The Morgan fingerprint density at radius 2 is 0.517 bits per heavy atom. The number of hydrogen-bond acceptors (Lipinski definition) is 15. The van der Waals surface area contributed by atoms with Crippen molar-refractivity contribution in [1.29, 1.82) is 0 Å². The minimum Gasteiger partial charge on any atom is -0.462 e. The molecule has 89 heavy (non-hydrogen) atoms. The molecule has 0 amide bonds. The molecular weight excluding hydrogens is 1170 g/mol. The average molecular weight is 1310 g/mol. The standard InChI is InChI=1S/C70H136O17P2/c1-7-9-11-13-15-17-19-20-21-22-23-26-31-35-43-49-55-70(75)86-65(58-80-67(72)52-46-40-33-30-27-24-25-28-32-38-44-50-62(3)4)60-84-88(76,77)82-56-64(71)57-83-89(78,79)85-61-66(59-81-68(73)53-47-41-37-36-39-45-51-63(5)6)87-69(74)54-48-42-34-29-18-16-14-12-10-8-2/h62-66,71H,7-61H2,1-6H3,(H,76,77)(H,78,79)/t64-,65-,66-/m1/s1. The second-order valence-corrected chi connectivity index (χ2v) is 29.1. The highest BCUT2D eigenvalue weighted by atomic mass is 31.2. The predicted molar refractivity (Wildman–Crippen MR) is 358 cm³/mol. The normalized spacial score (nSPS) is 14.1. The molecule has 0 aliphatic carbocycles. The van der Waals surface area contributed by atoms with Gasteiger partial charge in [0.1, 0.15) is 19.3 Å². The summed E-state index contributed by atoms with van der Waals surface area (Å²) in [5, 5.41) is 10.6. The van der Waals surface area contributed by atoms with Gasteiger partial charge in [-0.05, 0) is 37.5 Å². The molecule has 0 saturated carbocycles. The summed E-state index contributed by atoms with van der Waals surface area (Å²) in [4.78, 5) is 72.5. The lowest BCUT2D eigenvalue weighted by Gasteiger charge is -2.21. The number of carbonyl (C=O) groups excluding carboxylic acids is 4. The van der Waals surface area contributed by atoms with E-state index in [1.165, 1.54) is 167 Å². The maximum Gasteiger partial charge on any atom is 0.472 e. The Kier molecular flexibility index (Phi) is 60.8. The van der Waals surface area contributed by atoms with Crippen molar-refractivity contribution in [2.24, 2.45) is 11.8 Å². The van der Waals surface area contributed by atoms with Crippen molar-refractivity contribution in [2.75, 3.05) is 39.6 Å². The summed E-state index contributed by atoms with van der Waals surface area (Å²) in [6.45, 7) is 9.46. The molecule has 17 nitrogen and oxygen atoms in total. The van der Waals surface area contributed by atoms with Crippen LogP contribution in [0.2, 0.25) is 0 Å². The molecule has 0 aromatic heterocycles. The average Bonchev–Trinajstić information content (AvgIpc) is 3.71. The zero-order valence-corrected chi connectivity index (χ0v) is 59.5. The molecule has 0 aliphatic rings. The van der Waals surface area contributed by atoms with Gasteiger partial charge in [-0.15, -0.1) is 0 Å². The number of hydrogen-bond donors (Lipinski definition) is 3. The van der Waals surface area contributed by atoms with Gasteiger partial charge in [-0.3, -0.25) is 37.3 Å². The van der Waals surface area contributed by atoms with Crippen LogP contribution in [0, 0.1) is 11.8 Å². The maximum absolute atomic E-state index is 13.0. The molecule has 0 aromatic carbocycles. The monoisotopic (exact) mass is 1310 g/mol. The van der Waals surface area contributed by atoms with E-state index in [1.54, 1.807) is 0 Å². The zero-order valence-electron chi connectivity index (χ0n) is 57.7. The highest BCUT2D eigenvalue weighted by molar-refractivity contribution is 7.47. The molecule has 5 atom stereocenters. The summed E-state index contributed by atoms with van der Waals surface area (Å²) in [6, 6.07) is 0. The third kappa shape index (κ3) is 64.6. The van der Waals surface area contributed by atoms with Gasteiger partial charge in [-0.25, -0.2) is 9.13 Å². The van der Waals surface area contributed by atoms with Crippen LogP contribution in [0.3, 0.4) is 0 Å². The molecule has 19 heteroatoms. The van der Waals surface area contributed by atoms with Gasteiger partial charge in [0.15, 0.2) is 12.2 Å². The first-order valence-electron chi connectivity index (χ1n) is 36.5. The minimum absolute atomic E-state index is 0.105. The molecule has 0 spiro atoms. The van der Waals surface area contributed by atoms with E-state index in [0.717, 1.165) is 102 Å². The third-order valence-corrected chi connectivity index (χ3v) is 18.1. The van der Waals surface area contributed by atoms with Crippen LogP contribution in [-0.4, -0.2) is 96.7 Å². The van der Waals surface area contributed by atoms with Crippen molar-refractivity contribution >= 4 is 39.5 Å². The van der Waals surface area contributed by atoms with Gasteiger partial charge in [0, 0.05) is 25.7 Å². The predicted octanol–water partition coefficient (Wildman–Crippen LogP) is 20.0. The first kappa shape index (κ1) is 87.1. The molecule has 0 aromatic rings. The van der Waals surface area contributed by atoms with Gasteiger partial charge in [-0.1, -0.05) is 305 Å². The van der Waals surface area contributed by atoms with E-state index in [-0.39, 0.29) is 25.7 Å². The van der Waals surface area contributed by atoms with E-state index in [2.05, 4.69) is 41.5 Å². The van der Waals surface area contributed by atoms with Crippen molar-refractivity contribution in [3.05, 3.63) is 0 Å². The van der Waals surface area contributed by atoms with Gasteiger partial charge in [0.25, 0.3) is 0 Å². The van der Waals surface area contributed by atoms with E-state index in [0.29, 0.717) is 31.6 Å². The van der Waals surface area contributed by atoms with Crippen LogP contribution in [0.1, 0.15) is 356 Å². The fraction of sp³-hybridized carbons (Fsp3) is 0.943. The highest BCUT2D eigenvalue weighted by Crippen LogP contribution is 2.45. The van der Waals surface area contributed by atoms with E-state index in [9.17, 15) is 43.2 Å². The quantitative estimate of drug-likeness (QED) is 0.0222. The van der Waals surface area contributed by atoms with Crippen LogP contribution in [0.4, 0.5) is 0 Å². The van der Waals surface area contributed by atoms with Crippen LogP contribution in [0.15, 0.2) is 0 Å². The number of rotatable bonds is 69. The van der Waals surface area contributed by atoms with Crippen molar-refractivity contribution < 1.29 is 80.2 Å². The maximum atomic E-state index is 13.0. The number of phosphoric ester groups is 2. The zero-order chi connectivity index (χ0) is 65.7. The Morgan fingerprint density at radius 3 is 0.764 bits per heavy atom. The van der Waals surface area contributed by atoms with Crippen LogP contribution in [-0.2, 0) is 65.4 Å². The molecule has 0 heterocycles. The number of carbonyl (C=O) groups is 4. The Bertz CT molecular complexity index is 1730. The summed E-state index contributed by atoms with van der Waals surface area (Å²) in [6.07, 6.45) is 47.3. The molecule has 0 radical (unpaired) electrons. The van der Waals surface area contributed by atoms with Crippen molar-refractivity contribution in [3.63, 3.8) is 0 Å². The van der Waals surface area contributed by atoms with E-state index in [4.69, 9.17) is 37.0 Å². The molecule has 0 bridgehead atoms. The van der Waals surface area contributed by atoms with Gasteiger partial charge < -0.3 is 33.8 Å². The van der Waals surface area contributed by atoms with E-state index >= 15 is 0 Å². The summed E-state index contributed by atoms with van der Waals surface area (Å²) >= 11 is 0. The number of unbranched alkanes of at least 4 members (excludes halogenated alkanes) is 39. The molecule has 3 N–H and O–H groups in total. The minimum atomic E-state index is -4.95. The van der Waals surface area contributed by atoms with Crippen molar-refractivity contribution in [1.82, 2.24) is 0 Å². The summed E-state index contributed by atoms with van der Waals surface area (Å²) < 4.78 is 68.2. The summed E-state index contributed by atoms with van der Waals surface area (Å²) in [5.74, 6) is -0.674. The fourth-order valence-electron chi connectivity index (χ4n) is 10.6. The SMILES string of the molecule is CCCCCCCCCCCCCCCCCCC(=O)O[C@H](COC(=O)CCCCCCCCCCCCCC(C)C)COP(=O)(O)OC[C@@H](O)COP(=O)(O)OC[C@@H](COC(=O)CCCCCCCCC(C)C)OC(=O)CCCCCCCCCCCC. The fourth-order valence-corrected chi connectivity index (χ4v) is 12.2. The van der Waals surface area contributed by atoms with Gasteiger partial charge >= 0.3 is 39.5 Å². The first-order chi connectivity index (χ1) is 42.9. The number of aliphatic hydroxyl groups is 1. The number of esters is 4. The van der Waals surface area contributed by atoms with Crippen LogP contribution in [0.5, 0.6) is 0 Å². The lowest BCUT2D eigenvalue weighted by molar-refractivity contribution is -0.161. The van der Waals surface area contributed by atoms with Crippen molar-refractivity contribution in [2.45, 2.75) is 374 Å². The first-order valence-corrected chi connectivity index (χ1v) is 39.5. The second kappa shape index (κ2) is 62.2. The molecule has 0 aliphatic heterocycles. The molecule has 0 fully saturated rings. The highest BCUT2D eigenvalue weighted by Gasteiger charge is 2.30. The van der Waals surface area contributed by atoms with Gasteiger partial charge in [0.05, 0.1) is 26.4 Å². The van der Waals surface area contributed by atoms with Gasteiger partial charge in [-0.2, -0.15) is 0 Å². The molecular formula is C70H136O17P2. The van der Waals surface area contributed by atoms with E-state index < -0.39 is 97.5 Å². The summed E-state index contributed by atoms with van der Waals surface area (Å²) in [7, 11) is -9.90.